The fourth-order valence-electron chi connectivity index (χ4n) is 4.97. The second-order valence-electron chi connectivity index (χ2n) is 10.9. The van der Waals surface area contributed by atoms with Gasteiger partial charge in [-0.15, -0.1) is 0 Å². The third-order valence-corrected chi connectivity index (χ3v) is 7.28. The maximum absolute atomic E-state index is 10.9. The minimum absolute atomic E-state index is 0.0826. The molecule has 2 rings (SSSR count). The Morgan fingerprint density at radius 3 is 2.33 bits per heavy atom. The normalized spacial score (nSPS) is 18.6. The van der Waals surface area contributed by atoms with E-state index in [2.05, 4.69) is 48.5 Å². The lowest BCUT2D eigenvalue weighted by Crippen LogP contribution is -2.37. The number of fused-ring (bicyclic) bond motifs is 1. The van der Waals surface area contributed by atoms with Crippen LogP contribution in [0.15, 0.2) is 0 Å². The van der Waals surface area contributed by atoms with Gasteiger partial charge < -0.3 is 14.2 Å². The second kappa shape index (κ2) is 12.7. The molecule has 1 aliphatic rings. The fraction of sp³-hybridized carbons (Fsp3) is 0.759. The van der Waals surface area contributed by atoms with Gasteiger partial charge in [0.1, 0.15) is 17.1 Å². The van der Waals surface area contributed by atoms with E-state index in [-0.39, 0.29) is 11.6 Å². The molecule has 0 bridgehead atoms. The topological polar surface area (TPSA) is 44.8 Å². The highest BCUT2D eigenvalue weighted by Crippen LogP contribution is 2.45. The molecule has 0 amide bonds. The first-order valence-electron chi connectivity index (χ1n) is 13.1. The molecule has 0 radical (unpaired) electrons. The van der Waals surface area contributed by atoms with Crippen molar-refractivity contribution >= 4 is 5.97 Å². The number of carbonyl (C=O) groups is 1. The van der Waals surface area contributed by atoms with Crippen LogP contribution >= 0.6 is 0 Å². The standard InChI is InChI=1S/C29H48O4/c1-20(2)12-9-13-21(3)14-10-16-29(8)17-15-26-24(6)27(22(4)23(5)28(26)33-29)32-19-11-18-31-25(7)30/h20-21H,9-19H2,1-8H3. The summed E-state index contributed by atoms with van der Waals surface area (Å²) in [4.78, 5) is 10.9. The molecule has 0 aromatic heterocycles. The first-order valence-corrected chi connectivity index (χ1v) is 13.1. The van der Waals surface area contributed by atoms with Crippen molar-refractivity contribution in [3.05, 3.63) is 22.3 Å². The highest BCUT2D eigenvalue weighted by molar-refractivity contribution is 5.65. The molecule has 1 aromatic rings. The van der Waals surface area contributed by atoms with Crippen molar-refractivity contribution in [2.24, 2.45) is 11.8 Å². The molecule has 0 fully saturated rings. The number of ether oxygens (including phenoxy) is 3. The molecule has 2 unspecified atom stereocenters. The highest BCUT2D eigenvalue weighted by Gasteiger charge is 2.34. The SMILES string of the molecule is CC(=O)OCCCOc1c(C)c(C)c2c(c1C)CCC(C)(CCCC(C)CCCC(C)C)O2. The van der Waals surface area contributed by atoms with Gasteiger partial charge in [0.05, 0.1) is 13.2 Å². The first kappa shape index (κ1) is 27.5. The molecule has 4 heteroatoms. The molecule has 0 saturated heterocycles. The molecule has 1 heterocycles. The van der Waals surface area contributed by atoms with E-state index >= 15 is 0 Å². The average molecular weight is 461 g/mol. The Hall–Kier alpha value is -1.71. The van der Waals surface area contributed by atoms with Crippen LogP contribution in [0.2, 0.25) is 0 Å². The van der Waals surface area contributed by atoms with Crippen molar-refractivity contribution in [1.82, 2.24) is 0 Å². The van der Waals surface area contributed by atoms with Crippen molar-refractivity contribution in [2.45, 2.75) is 119 Å². The van der Waals surface area contributed by atoms with Gasteiger partial charge in [0.25, 0.3) is 0 Å². The van der Waals surface area contributed by atoms with Crippen LogP contribution in [0.1, 0.15) is 108 Å². The zero-order valence-corrected chi connectivity index (χ0v) is 22.6. The zero-order valence-electron chi connectivity index (χ0n) is 22.6. The Balaban J connectivity index is 1.95. The molecule has 0 aliphatic carbocycles. The Morgan fingerprint density at radius 2 is 1.67 bits per heavy atom. The summed E-state index contributed by atoms with van der Waals surface area (Å²) in [5, 5.41) is 0. The second-order valence-corrected chi connectivity index (χ2v) is 10.9. The van der Waals surface area contributed by atoms with Crippen molar-refractivity contribution in [3.63, 3.8) is 0 Å². The average Bonchev–Trinajstić information content (AvgIpc) is 2.73. The summed E-state index contributed by atoms with van der Waals surface area (Å²) in [5.74, 6) is 3.42. The Kier molecular flexibility index (Phi) is 10.6. The molecule has 0 spiro atoms. The van der Waals surface area contributed by atoms with E-state index in [1.54, 1.807) is 0 Å². The number of rotatable bonds is 13. The van der Waals surface area contributed by atoms with Gasteiger partial charge in [0.2, 0.25) is 0 Å². The fourth-order valence-corrected chi connectivity index (χ4v) is 4.97. The highest BCUT2D eigenvalue weighted by atomic mass is 16.5. The summed E-state index contributed by atoms with van der Waals surface area (Å²) < 4.78 is 17.9. The summed E-state index contributed by atoms with van der Waals surface area (Å²) in [5.41, 5.74) is 4.76. The predicted molar refractivity (Wildman–Crippen MR) is 136 cm³/mol. The van der Waals surface area contributed by atoms with Crippen LogP contribution < -0.4 is 9.47 Å². The number of hydrogen-bond donors (Lipinski definition) is 0. The molecule has 2 atom stereocenters. The molecule has 0 saturated carbocycles. The van der Waals surface area contributed by atoms with Crippen LogP contribution in [0.3, 0.4) is 0 Å². The van der Waals surface area contributed by atoms with Crippen molar-refractivity contribution in [3.8, 4) is 11.5 Å². The molecule has 33 heavy (non-hydrogen) atoms. The Labute approximate surface area is 202 Å². The molecule has 188 valence electrons. The molecular weight excluding hydrogens is 412 g/mol. The van der Waals surface area contributed by atoms with E-state index in [9.17, 15) is 4.79 Å². The van der Waals surface area contributed by atoms with Gasteiger partial charge in [-0.3, -0.25) is 4.79 Å². The molecule has 4 nitrogen and oxygen atoms in total. The van der Waals surface area contributed by atoms with Gasteiger partial charge in [-0.25, -0.2) is 0 Å². The van der Waals surface area contributed by atoms with Gasteiger partial charge in [-0.1, -0.05) is 46.5 Å². The minimum atomic E-state index is -0.243. The van der Waals surface area contributed by atoms with Gasteiger partial charge in [0.15, 0.2) is 0 Å². The number of hydrogen-bond acceptors (Lipinski definition) is 4. The van der Waals surface area contributed by atoms with E-state index < -0.39 is 0 Å². The van der Waals surface area contributed by atoms with Crippen molar-refractivity contribution in [2.75, 3.05) is 13.2 Å². The summed E-state index contributed by atoms with van der Waals surface area (Å²) in [7, 11) is 0. The maximum Gasteiger partial charge on any atom is 0.302 e. The smallest absolute Gasteiger partial charge is 0.302 e. The molecule has 0 N–H and O–H groups in total. The summed E-state index contributed by atoms with van der Waals surface area (Å²) in [6, 6.07) is 0. The lowest BCUT2D eigenvalue weighted by Gasteiger charge is -2.38. The third-order valence-electron chi connectivity index (χ3n) is 7.28. The third kappa shape index (κ3) is 8.22. The van der Waals surface area contributed by atoms with Crippen molar-refractivity contribution < 1.29 is 19.0 Å². The Morgan fingerprint density at radius 1 is 0.970 bits per heavy atom. The molecular formula is C29H48O4. The summed E-state index contributed by atoms with van der Waals surface area (Å²) >= 11 is 0. The largest absolute Gasteiger partial charge is 0.493 e. The van der Waals surface area contributed by atoms with Crippen LogP contribution in [0.4, 0.5) is 0 Å². The van der Waals surface area contributed by atoms with E-state index in [0.717, 1.165) is 48.2 Å². The van der Waals surface area contributed by atoms with Gasteiger partial charge >= 0.3 is 5.97 Å². The van der Waals surface area contributed by atoms with Crippen LogP contribution in [-0.2, 0) is 16.0 Å². The van der Waals surface area contributed by atoms with Gasteiger partial charge in [-0.05, 0) is 81.9 Å². The molecule has 1 aliphatic heterocycles. The van der Waals surface area contributed by atoms with Gasteiger partial charge in [-0.2, -0.15) is 0 Å². The monoisotopic (exact) mass is 460 g/mol. The van der Waals surface area contributed by atoms with Crippen LogP contribution in [0.5, 0.6) is 11.5 Å². The van der Waals surface area contributed by atoms with Gasteiger partial charge in [0, 0.05) is 18.9 Å². The van der Waals surface area contributed by atoms with E-state index in [0.29, 0.717) is 19.6 Å². The van der Waals surface area contributed by atoms with Crippen LogP contribution in [-0.4, -0.2) is 24.8 Å². The van der Waals surface area contributed by atoms with E-state index in [4.69, 9.17) is 14.2 Å². The minimum Gasteiger partial charge on any atom is -0.493 e. The lowest BCUT2D eigenvalue weighted by atomic mass is 9.84. The van der Waals surface area contributed by atoms with Crippen LogP contribution in [0.25, 0.3) is 0 Å². The maximum atomic E-state index is 10.9. The summed E-state index contributed by atoms with van der Waals surface area (Å²) in [6.07, 6.45) is 10.5. The predicted octanol–water partition coefficient (Wildman–Crippen LogP) is 7.66. The number of carbonyl (C=O) groups excluding carboxylic acids is 1. The van der Waals surface area contributed by atoms with E-state index in [1.165, 1.54) is 55.7 Å². The zero-order chi connectivity index (χ0) is 24.6. The Bertz CT molecular complexity index is 783. The first-order chi connectivity index (χ1) is 15.5. The van der Waals surface area contributed by atoms with Crippen molar-refractivity contribution in [1.29, 1.82) is 0 Å². The van der Waals surface area contributed by atoms with E-state index in [1.807, 2.05) is 0 Å². The molecule has 1 aromatic carbocycles. The van der Waals surface area contributed by atoms with Crippen LogP contribution in [0, 0.1) is 32.6 Å². The lowest BCUT2D eigenvalue weighted by molar-refractivity contribution is -0.141. The quantitative estimate of drug-likeness (QED) is 0.224. The number of benzene rings is 1. The number of esters is 1. The summed E-state index contributed by atoms with van der Waals surface area (Å²) in [6.45, 7) is 18.1.